The average Bonchev–Trinajstić information content (AvgIpc) is 3.20. The van der Waals surface area contributed by atoms with Gasteiger partial charge in [-0.1, -0.05) is 61.2 Å². The van der Waals surface area contributed by atoms with Crippen LogP contribution in [-0.2, 0) is 36.1 Å². The number of sulfonamides is 1. The van der Waals surface area contributed by atoms with Crippen molar-refractivity contribution < 1.29 is 26.4 Å². The fourth-order valence-electron chi connectivity index (χ4n) is 3.89. The van der Waals surface area contributed by atoms with Gasteiger partial charge in [-0.2, -0.15) is 4.31 Å². The van der Waals surface area contributed by atoms with Crippen LogP contribution in [0.1, 0.15) is 5.69 Å². The molecule has 3 aromatic carbocycles. The van der Waals surface area contributed by atoms with Crippen LogP contribution in [0.15, 0.2) is 111 Å². The van der Waals surface area contributed by atoms with E-state index in [0.717, 1.165) is 8.28 Å². The summed E-state index contributed by atoms with van der Waals surface area (Å²) in [5.74, 6) is -0.773. The van der Waals surface area contributed by atoms with E-state index in [1.165, 1.54) is 31.4 Å². The fourth-order valence-corrected chi connectivity index (χ4v) is 7.63. The van der Waals surface area contributed by atoms with Crippen molar-refractivity contribution in [3.05, 3.63) is 107 Å². The number of nitrogens with zero attached hydrogens (tertiary/aromatic N) is 2. The molecular formula is C26H23BrN2O6S2. The highest BCUT2D eigenvalue weighted by molar-refractivity contribution is 9.10. The third-order valence-electron chi connectivity index (χ3n) is 5.69. The third kappa shape index (κ3) is 5.12. The van der Waals surface area contributed by atoms with Crippen molar-refractivity contribution in [2.45, 2.75) is 16.3 Å². The standard InChI is InChI=1S/C26H23BrN2O6S2/c1-19(26(30)35-2)17-28(36(31,32)20-11-5-3-6-12-20)18-24-25(27)22-15-9-10-16-23(22)29(24)37(33,34)21-13-7-4-8-14-21/h3-16H,1,17-18H2,2H3. The van der Waals surface area contributed by atoms with Crippen LogP contribution in [0.5, 0.6) is 0 Å². The largest absolute Gasteiger partial charge is 0.466 e. The molecule has 0 radical (unpaired) electrons. The highest BCUT2D eigenvalue weighted by Gasteiger charge is 2.32. The Labute approximate surface area is 224 Å². The number of rotatable bonds is 9. The Balaban J connectivity index is 1.93. The molecule has 4 aromatic rings. The maximum atomic E-state index is 13.8. The predicted molar refractivity (Wildman–Crippen MR) is 144 cm³/mol. The highest BCUT2D eigenvalue weighted by Crippen LogP contribution is 2.36. The summed E-state index contributed by atoms with van der Waals surface area (Å²) in [6, 6.07) is 22.4. The van der Waals surface area contributed by atoms with Crippen LogP contribution in [-0.4, -0.2) is 44.7 Å². The van der Waals surface area contributed by atoms with E-state index in [1.807, 2.05) is 0 Å². The maximum absolute atomic E-state index is 13.8. The van der Waals surface area contributed by atoms with Gasteiger partial charge in [0.2, 0.25) is 10.0 Å². The summed E-state index contributed by atoms with van der Waals surface area (Å²) in [5.41, 5.74) is 0.436. The second-order valence-corrected chi connectivity index (χ2v) is 12.6. The van der Waals surface area contributed by atoms with Gasteiger partial charge in [-0.3, -0.25) is 0 Å². The van der Waals surface area contributed by atoms with Gasteiger partial charge in [-0.15, -0.1) is 0 Å². The minimum atomic E-state index is -4.18. The number of aromatic nitrogens is 1. The number of benzene rings is 3. The second-order valence-electron chi connectivity index (χ2n) is 8.04. The van der Waals surface area contributed by atoms with Crippen molar-refractivity contribution >= 4 is 52.8 Å². The van der Waals surface area contributed by atoms with Gasteiger partial charge < -0.3 is 4.74 Å². The summed E-state index contributed by atoms with van der Waals surface area (Å²) >= 11 is 3.51. The fraction of sp³-hybridized carbons (Fsp3) is 0.115. The first-order chi connectivity index (χ1) is 17.6. The molecule has 0 aliphatic rings. The van der Waals surface area contributed by atoms with Gasteiger partial charge >= 0.3 is 5.97 Å². The topological polar surface area (TPSA) is 103 Å². The molecule has 1 heterocycles. The summed E-state index contributed by atoms with van der Waals surface area (Å²) in [6.07, 6.45) is 0. The van der Waals surface area contributed by atoms with E-state index in [1.54, 1.807) is 60.7 Å². The molecule has 4 rings (SSSR count). The molecule has 192 valence electrons. The average molecular weight is 604 g/mol. The van der Waals surface area contributed by atoms with Crippen molar-refractivity contribution in [2.24, 2.45) is 0 Å². The summed E-state index contributed by atoms with van der Waals surface area (Å²) in [4.78, 5) is 12.2. The Bertz CT molecular complexity index is 1680. The summed E-state index contributed by atoms with van der Waals surface area (Å²) < 4.78 is 62.4. The van der Waals surface area contributed by atoms with Gasteiger partial charge in [0.25, 0.3) is 10.0 Å². The molecule has 11 heteroatoms. The van der Waals surface area contributed by atoms with Gasteiger partial charge in [0.1, 0.15) is 0 Å². The number of carbonyl (C=O) groups excluding carboxylic acids is 1. The molecule has 0 unspecified atom stereocenters. The lowest BCUT2D eigenvalue weighted by Gasteiger charge is -2.24. The number of halogens is 1. The minimum Gasteiger partial charge on any atom is -0.466 e. The van der Waals surface area contributed by atoms with Gasteiger partial charge in [0.05, 0.1) is 34.7 Å². The van der Waals surface area contributed by atoms with Gasteiger partial charge in [0.15, 0.2) is 0 Å². The van der Waals surface area contributed by atoms with E-state index in [2.05, 4.69) is 22.5 Å². The van der Waals surface area contributed by atoms with E-state index in [-0.39, 0.29) is 27.6 Å². The molecule has 1 aromatic heterocycles. The van der Waals surface area contributed by atoms with Crippen molar-refractivity contribution in [2.75, 3.05) is 13.7 Å². The Morgan fingerprint density at radius 3 is 2.03 bits per heavy atom. The Morgan fingerprint density at radius 2 is 1.43 bits per heavy atom. The van der Waals surface area contributed by atoms with E-state index in [9.17, 15) is 21.6 Å². The van der Waals surface area contributed by atoms with Gasteiger partial charge in [-0.25, -0.2) is 25.6 Å². The van der Waals surface area contributed by atoms with Crippen LogP contribution in [0, 0.1) is 0 Å². The molecule has 0 amide bonds. The number of carbonyl (C=O) groups is 1. The zero-order valence-electron chi connectivity index (χ0n) is 19.7. The smallest absolute Gasteiger partial charge is 0.334 e. The first-order valence-electron chi connectivity index (χ1n) is 11.0. The zero-order chi connectivity index (χ0) is 26.8. The highest BCUT2D eigenvalue weighted by atomic mass is 79.9. The third-order valence-corrected chi connectivity index (χ3v) is 10.1. The van der Waals surface area contributed by atoms with Crippen LogP contribution in [0.2, 0.25) is 0 Å². The van der Waals surface area contributed by atoms with Crippen molar-refractivity contribution in [3.8, 4) is 0 Å². The number of ether oxygens (including phenoxy) is 1. The van der Waals surface area contributed by atoms with Gasteiger partial charge in [0, 0.05) is 22.0 Å². The summed E-state index contributed by atoms with van der Waals surface area (Å²) in [6.45, 7) is 2.89. The van der Waals surface area contributed by atoms with Gasteiger partial charge in [-0.05, 0) is 46.3 Å². The first kappa shape index (κ1) is 26.8. The Hall–Kier alpha value is -3.25. The van der Waals surface area contributed by atoms with E-state index in [4.69, 9.17) is 4.74 Å². The number of fused-ring (bicyclic) bond motifs is 1. The lowest BCUT2D eigenvalue weighted by molar-refractivity contribution is -0.136. The van der Waals surface area contributed by atoms with Crippen LogP contribution in [0.25, 0.3) is 10.9 Å². The molecule has 0 atom stereocenters. The van der Waals surface area contributed by atoms with Crippen molar-refractivity contribution in [1.29, 1.82) is 0 Å². The van der Waals surface area contributed by atoms with Crippen molar-refractivity contribution in [3.63, 3.8) is 0 Å². The minimum absolute atomic E-state index is 0.0163. The van der Waals surface area contributed by atoms with Crippen LogP contribution in [0.4, 0.5) is 0 Å². The molecule has 0 spiro atoms. The molecule has 0 saturated heterocycles. The second kappa shape index (κ2) is 10.6. The summed E-state index contributed by atoms with van der Waals surface area (Å²) in [7, 11) is -7.14. The van der Waals surface area contributed by atoms with Crippen LogP contribution >= 0.6 is 15.9 Å². The van der Waals surface area contributed by atoms with E-state index in [0.29, 0.717) is 15.4 Å². The molecule has 8 nitrogen and oxygen atoms in total. The molecule has 0 aliphatic heterocycles. The van der Waals surface area contributed by atoms with Crippen LogP contribution < -0.4 is 0 Å². The lowest BCUT2D eigenvalue weighted by Crippen LogP contribution is -2.35. The maximum Gasteiger partial charge on any atom is 0.334 e. The quantitative estimate of drug-likeness (QED) is 0.205. The molecule has 0 bridgehead atoms. The normalized spacial score (nSPS) is 12.1. The molecule has 37 heavy (non-hydrogen) atoms. The van der Waals surface area contributed by atoms with Crippen LogP contribution in [0.3, 0.4) is 0 Å². The lowest BCUT2D eigenvalue weighted by atomic mass is 10.2. The monoisotopic (exact) mass is 602 g/mol. The van der Waals surface area contributed by atoms with E-state index < -0.39 is 32.6 Å². The van der Waals surface area contributed by atoms with E-state index >= 15 is 0 Å². The van der Waals surface area contributed by atoms with Crippen molar-refractivity contribution in [1.82, 2.24) is 8.28 Å². The number of para-hydroxylation sites is 1. The molecule has 0 saturated carbocycles. The number of hydrogen-bond donors (Lipinski definition) is 0. The first-order valence-corrected chi connectivity index (χ1v) is 14.7. The summed E-state index contributed by atoms with van der Waals surface area (Å²) in [5, 5.41) is 0.584. The zero-order valence-corrected chi connectivity index (χ0v) is 23.0. The number of hydrogen-bond acceptors (Lipinski definition) is 6. The molecule has 0 fully saturated rings. The molecule has 0 aliphatic carbocycles. The Morgan fingerprint density at radius 1 is 0.892 bits per heavy atom. The molecule has 0 N–H and O–H groups in total. The number of esters is 1. The number of methoxy groups -OCH3 is 1. The predicted octanol–water partition coefficient (Wildman–Crippen LogP) is 4.56. The Kier molecular flexibility index (Phi) is 7.69. The molecular weight excluding hydrogens is 580 g/mol. The SMILES string of the molecule is C=C(CN(Cc1c(Br)c2ccccc2n1S(=O)(=O)c1ccccc1)S(=O)(=O)c1ccccc1)C(=O)OC.